The Hall–Kier alpha value is -1.03. The molecular formula is C14H30O8. The lowest BCUT2D eigenvalue weighted by atomic mass is 10.4. The van der Waals surface area contributed by atoms with Gasteiger partial charge in [-0.15, -0.1) is 0 Å². The summed E-state index contributed by atoms with van der Waals surface area (Å²) in [5, 5.41) is 24.6. The van der Waals surface area contributed by atoms with Gasteiger partial charge in [0.15, 0.2) is 0 Å². The highest BCUT2D eigenvalue weighted by Gasteiger charge is 1.90. The predicted octanol–water partition coefficient (Wildman–Crippen LogP) is -0.0695. The van der Waals surface area contributed by atoms with Crippen molar-refractivity contribution < 1.29 is 39.1 Å². The first-order valence-electron chi connectivity index (χ1n) is 6.71. The van der Waals surface area contributed by atoms with E-state index in [4.69, 9.17) is 29.5 Å². The van der Waals surface area contributed by atoms with E-state index in [9.17, 15) is 4.79 Å². The first-order valence-corrected chi connectivity index (χ1v) is 6.71. The van der Waals surface area contributed by atoms with Crippen LogP contribution in [0, 0.1) is 0 Å². The SMILES string of the molecule is C=C(C)C(=O)O.COC.OCCOCCOCCOCCO. The van der Waals surface area contributed by atoms with Crippen molar-refractivity contribution in [3.63, 3.8) is 0 Å². The van der Waals surface area contributed by atoms with Crippen molar-refractivity contribution in [2.45, 2.75) is 6.92 Å². The molecule has 0 rings (SSSR count). The summed E-state index contributed by atoms with van der Waals surface area (Å²) in [6, 6.07) is 0. The molecule has 8 heteroatoms. The quantitative estimate of drug-likeness (QED) is 0.357. The third kappa shape index (κ3) is 36.4. The largest absolute Gasteiger partial charge is 0.478 e. The second-order valence-corrected chi connectivity index (χ2v) is 3.78. The third-order valence-electron chi connectivity index (χ3n) is 1.58. The molecule has 22 heavy (non-hydrogen) atoms. The van der Waals surface area contributed by atoms with Crippen LogP contribution in [0.5, 0.6) is 0 Å². The molecule has 3 N–H and O–H groups in total. The van der Waals surface area contributed by atoms with Crippen LogP contribution in [0.15, 0.2) is 12.2 Å². The van der Waals surface area contributed by atoms with Crippen LogP contribution >= 0.6 is 0 Å². The van der Waals surface area contributed by atoms with Gasteiger partial charge in [-0.05, 0) is 6.92 Å². The van der Waals surface area contributed by atoms with Crippen molar-refractivity contribution in [2.75, 3.05) is 67.1 Å². The van der Waals surface area contributed by atoms with Gasteiger partial charge in [0.25, 0.3) is 0 Å². The van der Waals surface area contributed by atoms with Crippen LogP contribution in [0.2, 0.25) is 0 Å². The Bertz CT molecular complexity index is 211. The summed E-state index contributed by atoms with van der Waals surface area (Å²) in [6.07, 6.45) is 0. The van der Waals surface area contributed by atoms with Gasteiger partial charge in [-0.25, -0.2) is 4.79 Å². The van der Waals surface area contributed by atoms with Crippen molar-refractivity contribution in [1.29, 1.82) is 0 Å². The van der Waals surface area contributed by atoms with Gasteiger partial charge in [0, 0.05) is 19.8 Å². The molecule has 0 aliphatic carbocycles. The van der Waals surface area contributed by atoms with Gasteiger partial charge in [-0.2, -0.15) is 0 Å². The maximum Gasteiger partial charge on any atom is 0.330 e. The summed E-state index contributed by atoms with van der Waals surface area (Å²) in [4.78, 5) is 9.60. The number of hydrogen-bond donors (Lipinski definition) is 3. The molecule has 0 unspecified atom stereocenters. The van der Waals surface area contributed by atoms with E-state index in [1.54, 1.807) is 14.2 Å². The second kappa shape index (κ2) is 25.0. The van der Waals surface area contributed by atoms with Gasteiger partial charge >= 0.3 is 5.97 Å². The van der Waals surface area contributed by atoms with Gasteiger partial charge in [0.05, 0.1) is 52.9 Å². The lowest BCUT2D eigenvalue weighted by Crippen LogP contribution is -2.11. The summed E-state index contributed by atoms with van der Waals surface area (Å²) in [5.74, 6) is -0.935. The number of aliphatic carboxylic acids is 1. The number of hydrogen-bond acceptors (Lipinski definition) is 7. The minimum atomic E-state index is -0.935. The smallest absolute Gasteiger partial charge is 0.330 e. The van der Waals surface area contributed by atoms with Crippen molar-refractivity contribution in [2.24, 2.45) is 0 Å². The number of rotatable bonds is 11. The normalized spacial score (nSPS) is 9.14. The molecular weight excluding hydrogens is 296 g/mol. The minimum Gasteiger partial charge on any atom is -0.478 e. The number of ether oxygens (including phenoxy) is 4. The van der Waals surface area contributed by atoms with E-state index < -0.39 is 5.97 Å². The molecule has 0 aliphatic heterocycles. The van der Waals surface area contributed by atoms with Crippen molar-refractivity contribution in [3.8, 4) is 0 Å². The zero-order valence-electron chi connectivity index (χ0n) is 13.7. The topological polar surface area (TPSA) is 115 Å². The van der Waals surface area contributed by atoms with Gasteiger partial charge in [0.1, 0.15) is 0 Å². The van der Waals surface area contributed by atoms with Crippen molar-refractivity contribution in [3.05, 3.63) is 12.2 Å². The van der Waals surface area contributed by atoms with Gasteiger partial charge in [0.2, 0.25) is 0 Å². The number of carboxylic acid groups (broad SMARTS) is 1. The average Bonchev–Trinajstić information content (AvgIpc) is 2.47. The first-order chi connectivity index (χ1) is 10.5. The van der Waals surface area contributed by atoms with Crippen LogP contribution < -0.4 is 0 Å². The zero-order chi connectivity index (χ0) is 17.6. The van der Waals surface area contributed by atoms with E-state index >= 15 is 0 Å². The monoisotopic (exact) mass is 326 g/mol. The fourth-order valence-corrected chi connectivity index (χ4v) is 0.671. The number of methoxy groups -OCH3 is 1. The van der Waals surface area contributed by atoms with E-state index in [1.807, 2.05) is 0 Å². The highest BCUT2D eigenvalue weighted by molar-refractivity contribution is 5.84. The summed E-state index contributed by atoms with van der Waals surface area (Å²) >= 11 is 0. The lowest BCUT2D eigenvalue weighted by Gasteiger charge is -2.04. The third-order valence-corrected chi connectivity index (χ3v) is 1.58. The molecule has 0 fully saturated rings. The highest BCUT2D eigenvalue weighted by atomic mass is 16.5. The number of aliphatic hydroxyl groups excluding tert-OH is 2. The Balaban J connectivity index is -0.000000333. The molecule has 134 valence electrons. The lowest BCUT2D eigenvalue weighted by molar-refractivity contribution is -0.132. The Labute approximate surface area is 132 Å². The van der Waals surface area contributed by atoms with Crippen LogP contribution in [0.3, 0.4) is 0 Å². The minimum absolute atomic E-state index is 0.0413. The second-order valence-electron chi connectivity index (χ2n) is 3.78. The molecule has 0 radical (unpaired) electrons. The molecule has 0 amide bonds. The summed E-state index contributed by atoms with van der Waals surface area (Å²) in [7, 11) is 3.25. The van der Waals surface area contributed by atoms with Gasteiger partial charge < -0.3 is 34.3 Å². The van der Waals surface area contributed by atoms with E-state index in [-0.39, 0.29) is 18.8 Å². The Morgan fingerprint density at radius 1 is 0.864 bits per heavy atom. The Kier molecular flexibility index (Phi) is 29.4. The molecule has 0 saturated carbocycles. The average molecular weight is 326 g/mol. The van der Waals surface area contributed by atoms with Crippen molar-refractivity contribution >= 4 is 5.97 Å². The van der Waals surface area contributed by atoms with Crippen LogP contribution in [-0.4, -0.2) is 88.4 Å². The number of carbonyl (C=O) groups is 1. The molecule has 0 bridgehead atoms. The van der Waals surface area contributed by atoms with Gasteiger partial charge in [-0.3, -0.25) is 0 Å². The molecule has 0 aromatic carbocycles. The maximum atomic E-state index is 9.60. The van der Waals surface area contributed by atoms with E-state index in [2.05, 4.69) is 11.3 Å². The number of aliphatic hydroxyl groups is 2. The molecule has 0 aromatic heterocycles. The van der Waals surface area contributed by atoms with Crippen LogP contribution in [0.25, 0.3) is 0 Å². The van der Waals surface area contributed by atoms with E-state index in [0.29, 0.717) is 39.6 Å². The molecule has 8 nitrogen and oxygen atoms in total. The van der Waals surface area contributed by atoms with Gasteiger partial charge in [-0.1, -0.05) is 6.58 Å². The van der Waals surface area contributed by atoms with Crippen LogP contribution in [0.4, 0.5) is 0 Å². The standard InChI is InChI=1S/C8H18O5.C4H6O2.C2H6O/c9-1-3-11-5-7-13-8-6-12-4-2-10;1-3(2)4(5)6;1-3-2/h9-10H,1-8H2;1H2,2H3,(H,5,6);1-2H3. The molecule has 0 aromatic rings. The molecule has 0 heterocycles. The van der Waals surface area contributed by atoms with Crippen LogP contribution in [0.1, 0.15) is 6.92 Å². The predicted molar refractivity (Wildman–Crippen MR) is 82.0 cm³/mol. The Morgan fingerprint density at radius 3 is 1.27 bits per heavy atom. The zero-order valence-corrected chi connectivity index (χ0v) is 13.7. The van der Waals surface area contributed by atoms with Crippen LogP contribution in [-0.2, 0) is 23.7 Å². The molecule has 0 saturated heterocycles. The fourth-order valence-electron chi connectivity index (χ4n) is 0.671. The summed E-state index contributed by atoms with van der Waals surface area (Å²) in [6.45, 7) is 7.37. The first kappa shape index (κ1) is 25.9. The number of carboxylic acids is 1. The van der Waals surface area contributed by atoms with E-state index in [0.717, 1.165) is 0 Å². The highest BCUT2D eigenvalue weighted by Crippen LogP contribution is 1.81. The molecule has 0 spiro atoms. The maximum absolute atomic E-state index is 9.60. The summed E-state index contributed by atoms with van der Waals surface area (Å²) in [5.41, 5.74) is 0.176. The Morgan fingerprint density at radius 2 is 1.09 bits per heavy atom. The molecule has 0 atom stereocenters. The van der Waals surface area contributed by atoms with E-state index in [1.165, 1.54) is 6.92 Å². The van der Waals surface area contributed by atoms with Crippen molar-refractivity contribution in [1.82, 2.24) is 0 Å². The fraction of sp³-hybridized carbons (Fsp3) is 0.786. The molecule has 0 aliphatic rings. The summed E-state index contributed by atoms with van der Waals surface area (Å²) < 4.78 is 19.3.